The Morgan fingerprint density at radius 2 is 1.00 bits per heavy atom. The molecule has 0 saturated carbocycles. The molecule has 0 bridgehead atoms. The van der Waals surface area contributed by atoms with Gasteiger partial charge in [-0.05, 0) is 0 Å². The van der Waals surface area contributed by atoms with E-state index in [2.05, 4.69) is 0 Å². The smallest absolute Gasteiger partial charge is 0.200 e. The Morgan fingerprint density at radius 1 is 0.692 bits per heavy atom. The average Bonchev–Trinajstić information content (AvgIpc) is 2.13. The summed E-state index contributed by atoms with van der Waals surface area (Å²) in [7, 11) is 0. The highest BCUT2D eigenvalue weighted by Gasteiger charge is 2.24. The highest BCUT2D eigenvalue weighted by molar-refractivity contribution is 5.23. The van der Waals surface area contributed by atoms with Crippen LogP contribution in [0.3, 0.4) is 0 Å². The lowest BCUT2D eigenvalue weighted by molar-refractivity contribution is 0.166. The number of benzene rings is 1. The lowest BCUT2D eigenvalue weighted by Gasteiger charge is -2.03. The van der Waals surface area contributed by atoms with E-state index in [9.17, 15) is 27.1 Å². The van der Waals surface area contributed by atoms with Crippen LogP contribution in [-0.2, 0) is 11.7 Å². The molecule has 1 aromatic carbocycles. The molecule has 0 atom stereocenters. The van der Waals surface area contributed by atoms with Gasteiger partial charge < -0.3 is 0 Å². The quantitative estimate of drug-likeness (QED) is 0.374. The van der Waals surface area contributed by atoms with Crippen molar-refractivity contribution < 1.29 is 27.1 Å². The monoisotopic (exact) mass is 197 g/mol. The van der Waals surface area contributed by atoms with Crippen LogP contribution in [0.1, 0.15) is 5.56 Å². The summed E-state index contributed by atoms with van der Waals surface area (Å²) in [4.78, 5) is 0. The fraction of sp³-hybridized carbons (Fsp3) is 0.143. The molecule has 1 nitrogen and oxygen atoms in total. The van der Waals surface area contributed by atoms with Crippen molar-refractivity contribution in [1.82, 2.24) is 0 Å². The predicted octanol–water partition coefficient (Wildman–Crippen LogP) is 2.31. The lowest BCUT2D eigenvalue weighted by Crippen LogP contribution is -2.06. The second kappa shape index (κ2) is 3.29. The minimum Gasteiger partial charge on any atom is -0.231 e. The molecule has 13 heavy (non-hydrogen) atoms. The van der Waals surface area contributed by atoms with Crippen LogP contribution in [-0.4, -0.2) is 0 Å². The van der Waals surface area contributed by atoms with Crippen LogP contribution in [0.4, 0.5) is 22.0 Å². The van der Waals surface area contributed by atoms with Crippen LogP contribution < -0.4 is 0 Å². The van der Waals surface area contributed by atoms with Gasteiger partial charge in [-0.1, -0.05) is 0 Å². The van der Waals surface area contributed by atoms with Crippen LogP contribution in [0.15, 0.2) is 0 Å². The summed E-state index contributed by atoms with van der Waals surface area (Å²) in [6.07, 6.45) is 0. The zero-order valence-electron chi connectivity index (χ0n) is 6.01. The zero-order valence-corrected chi connectivity index (χ0v) is 6.01. The minimum absolute atomic E-state index is 1.34. The number of hydrogen-bond acceptors (Lipinski definition) is 0. The van der Waals surface area contributed by atoms with Gasteiger partial charge in [0.15, 0.2) is 23.3 Å². The Bertz CT molecular complexity index is 320. The van der Waals surface area contributed by atoms with E-state index in [1.165, 1.54) is 0 Å². The maximum Gasteiger partial charge on any atom is 0.200 e. The van der Waals surface area contributed by atoms with Crippen molar-refractivity contribution >= 4 is 0 Å². The van der Waals surface area contributed by atoms with Crippen molar-refractivity contribution in [2.75, 3.05) is 0 Å². The van der Waals surface area contributed by atoms with E-state index in [-0.39, 0.29) is 0 Å². The van der Waals surface area contributed by atoms with Gasteiger partial charge in [0.2, 0.25) is 5.82 Å². The number of rotatable bonds is 1. The molecule has 1 aromatic rings. The third kappa shape index (κ3) is 1.37. The first-order valence-electron chi connectivity index (χ1n) is 3.09. The molecule has 1 radical (unpaired) electrons. The van der Waals surface area contributed by atoms with Gasteiger partial charge in [0, 0.05) is 0 Å². The molecule has 0 fully saturated rings. The summed E-state index contributed by atoms with van der Waals surface area (Å²) in [6, 6.07) is 0. The summed E-state index contributed by atoms with van der Waals surface area (Å²) in [5.74, 6) is -10.6. The van der Waals surface area contributed by atoms with Crippen LogP contribution in [0.5, 0.6) is 0 Å². The molecule has 0 unspecified atom stereocenters. The summed E-state index contributed by atoms with van der Waals surface area (Å²) >= 11 is 0. The lowest BCUT2D eigenvalue weighted by atomic mass is 10.2. The molecule has 6 heteroatoms. The van der Waals surface area contributed by atoms with Crippen LogP contribution >= 0.6 is 0 Å². The van der Waals surface area contributed by atoms with Gasteiger partial charge in [0.25, 0.3) is 0 Å². The molecule has 71 valence electrons. The molecule has 0 aliphatic heterocycles. The largest absolute Gasteiger partial charge is 0.231 e. The van der Waals surface area contributed by atoms with E-state index >= 15 is 0 Å². The first-order chi connectivity index (χ1) is 6.00. The standard InChI is InChI=1S/C7H2F5O/c8-3-2(1-13)4(9)6(11)7(12)5(3)10/h1H2. The van der Waals surface area contributed by atoms with Crippen molar-refractivity contribution in [3.05, 3.63) is 34.6 Å². The van der Waals surface area contributed by atoms with Crippen LogP contribution in [0, 0.1) is 29.1 Å². The molecule has 0 amide bonds. The van der Waals surface area contributed by atoms with E-state index in [0.717, 1.165) is 0 Å². The minimum atomic E-state index is -2.26. The highest BCUT2D eigenvalue weighted by Crippen LogP contribution is 2.22. The molecule has 0 N–H and O–H groups in total. The van der Waals surface area contributed by atoms with E-state index in [4.69, 9.17) is 0 Å². The van der Waals surface area contributed by atoms with Crippen LogP contribution in [0.25, 0.3) is 0 Å². The fourth-order valence-corrected chi connectivity index (χ4v) is 0.777. The predicted molar refractivity (Wildman–Crippen MR) is 30.6 cm³/mol. The van der Waals surface area contributed by atoms with Crippen molar-refractivity contribution in [1.29, 1.82) is 0 Å². The Morgan fingerprint density at radius 3 is 1.31 bits per heavy atom. The summed E-state index contributed by atoms with van der Waals surface area (Å²) in [6.45, 7) is -1.49. The molecule has 0 aromatic heterocycles. The molecular weight excluding hydrogens is 195 g/mol. The second-order valence-corrected chi connectivity index (χ2v) is 2.19. The van der Waals surface area contributed by atoms with Gasteiger partial charge in [0.05, 0.1) is 5.56 Å². The first kappa shape index (κ1) is 9.91. The maximum absolute atomic E-state index is 12.5. The van der Waals surface area contributed by atoms with Crippen molar-refractivity contribution in [3.8, 4) is 0 Å². The van der Waals surface area contributed by atoms with E-state index < -0.39 is 41.3 Å². The fourth-order valence-electron chi connectivity index (χ4n) is 0.777. The normalized spacial score (nSPS) is 10.6. The second-order valence-electron chi connectivity index (χ2n) is 2.19. The van der Waals surface area contributed by atoms with Crippen molar-refractivity contribution in [3.63, 3.8) is 0 Å². The molecule has 0 spiro atoms. The van der Waals surface area contributed by atoms with Crippen molar-refractivity contribution in [2.45, 2.75) is 6.61 Å². The van der Waals surface area contributed by atoms with Gasteiger partial charge in [-0.15, -0.1) is 0 Å². The van der Waals surface area contributed by atoms with Gasteiger partial charge in [-0.3, -0.25) is 0 Å². The zero-order chi connectivity index (χ0) is 10.2. The Hall–Kier alpha value is -1.17. The summed E-state index contributed by atoms with van der Waals surface area (Å²) in [5, 5.41) is 10.1. The van der Waals surface area contributed by atoms with E-state index in [1.807, 2.05) is 0 Å². The molecule has 0 saturated heterocycles. The third-order valence-electron chi connectivity index (χ3n) is 1.45. The molecule has 0 heterocycles. The van der Waals surface area contributed by atoms with Gasteiger partial charge >= 0.3 is 0 Å². The SMILES string of the molecule is [O]Cc1c(F)c(F)c(F)c(F)c1F. The van der Waals surface area contributed by atoms with E-state index in [0.29, 0.717) is 0 Å². The molecular formula is C7H2F5O. The number of hydrogen-bond donors (Lipinski definition) is 0. The topological polar surface area (TPSA) is 19.9 Å². The average molecular weight is 197 g/mol. The summed E-state index contributed by atoms with van der Waals surface area (Å²) < 4.78 is 61.8. The third-order valence-corrected chi connectivity index (χ3v) is 1.45. The van der Waals surface area contributed by atoms with Crippen LogP contribution in [0.2, 0.25) is 0 Å². The van der Waals surface area contributed by atoms with Gasteiger partial charge in [0.1, 0.15) is 6.61 Å². The number of halogens is 5. The highest BCUT2D eigenvalue weighted by atomic mass is 19.2. The molecule has 1 rings (SSSR count). The molecule has 0 aliphatic rings. The Labute approximate surface area is 69.4 Å². The van der Waals surface area contributed by atoms with Gasteiger partial charge in [-0.25, -0.2) is 27.1 Å². The molecule has 0 aliphatic carbocycles. The Balaban J connectivity index is 3.56. The Kier molecular flexibility index (Phi) is 2.51. The first-order valence-corrected chi connectivity index (χ1v) is 3.09. The maximum atomic E-state index is 12.5. The van der Waals surface area contributed by atoms with E-state index in [1.54, 1.807) is 0 Å². The van der Waals surface area contributed by atoms with Crippen molar-refractivity contribution in [2.24, 2.45) is 0 Å². The van der Waals surface area contributed by atoms with Gasteiger partial charge in [-0.2, -0.15) is 0 Å². The summed E-state index contributed by atoms with van der Waals surface area (Å²) in [5.41, 5.74) is -1.34.